The first-order valence-corrected chi connectivity index (χ1v) is 7.42. The molecule has 1 aliphatic carbocycles. The maximum Gasteiger partial charge on any atom is 0.238 e. The second kappa shape index (κ2) is 7.90. The van der Waals surface area contributed by atoms with Gasteiger partial charge in [0.05, 0.1) is 13.7 Å². The highest BCUT2D eigenvalue weighted by molar-refractivity contribution is 5.92. The van der Waals surface area contributed by atoms with Crippen LogP contribution in [-0.2, 0) is 4.79 Å². The third kappa shape index (κ3) is 4.85. The molecule has 2 N–H and O–H groups in total. The van der Waals surface area contributed by atoms with E-state index in [0.717, 1.165) is 23.9 Å². The predicted octanol–water partition coefficient (Wildman–Crippen LogP) is 2.80. The Kier molecular flexibility index (Phi) is 5.87. The van der Waals surface area contributed by atoms with E-state index in [4.69, 9.17) is 4.74 Å². The number of ether oxygens (including phenoxy) is 1. The minimum atomic E-state index is 0.00553. The molecular weight excluding hydrogens is 252 g/mol. The van der Waals surface area contributed by atoms with Crippen LogP contribution in [0.4, 0.5) is 5.69 Å². The van der Waals surface area contributed by atoms with Crippen molar-refractivity contribution >= 4 is 11.6 Å². The Balaban J connectivity index is 1.66. The molecule has 0 aromatic heterocycles. The molecule has 1 amide bonds. The Morgan fingerprint density at radius 1 is 1.20 bits per heavy atom. The first-order chi connectivity index (χ1) is 9.78. The van der Waals surface area contributed by atoms with E-state index >= 15 is 0 Å². The van der Waals surface area contributed by atoms with Crippen LogP contribution in [-0.4, -0.2) is 26.1 Å². The standard InChI is InChI=1S/C16H24N2O2/c1-20-15-9-7-14(8-10-15)18-16(19)12-17-11-13-5-3-2-4-6-13/h7-10,13,17H,2-6,11-12H2,1H3,(H,18,19). The summed E-state index contributed by atoms with van der Waals surface area (Å²) in [6.45, 7) is 1.33. The maximum absolute atomic E-state index is 11.8. The maximum atomic E-state index is 11.8. The number of nitrogens with one attached hydrogen (secondary N) is 2. The van der Waals surface area contributed by atoms with Gasteiger partial charge in [0.2, 0.25) is 5.91 Å². The van der Waals surface area contributed by atoms with E-state index in [0.29, 0.717) is 6.54 Å². The quantitative estimate of drug-likeness (QED) is 0.840. The summed E-state index contributed by atoms with van der Waals surface area (Å²) < 4.78 is 5.08. The zero-order chi connectivity index (χ0) is 14.2. The van der Waals surface area contributed by atoms with E-state index in [1.54, 1.807) is 7.11 Å². The van der Waals surface area contributed by atoms with Crippen LogP contribution in [0.3, 0.4) is 0 Å². The predicted molar refractivity (Wildman–Crippen MR) is 81.1 cm³/mol. The van der Waals surface area contributed by atoms with E-state index in [2.05, 4.69) is 10.6 Å². The number of amides is 1. The average Bonchev–Trinajstić information content (AvgIpc) is 2.49. The molecule has 0 aliphatic heterocycles. The highest BCUT2D eigenvalue weighted by atomic mass is 16.5. The van der Waals surface area contributed by atoms with E-state index in [9.17, 15) is 4.79 Å². The summed E-state index contributed by atoms with van der Waals surface area (Å²) in [4.78, 5) is 11.8. The lowest BCUT2D eigenvalue weighted by atomic mass is 9.89. The van der Waals surface area contributed by atoms with Gasteiger partial charge < -0.3 is 15.4 Å². The third-order valence-corrected chi connectivity index (χ3v) is 3.82. The summed E-state index contributed by atoms with van der Waals surface area (Å²) in [5, 5.41) is 6.13. The molecule has 1 aliphatic rings. The number of carbonyl (C=O) groups excluding carboxylic acids is 1. The fourth-order valence-electron chi connectivity index (χ4n) is 2.66. The Morgan fingerprint density at radius 2 is 1.90 bits per heavy atom. The van der Waals surface area contributed by atoms with Crippen LogP contribution in [0.2, 0.25) is 0 Å². The summed E-state index contributed by atoms with van der Waals surface area (Å²) in [5.41, 5.74) is 0.801. The van der Waals surface area contributed by atoms with Crippen LogP contribution in [0.25, 0.3) is 0 Å². The van der Waals surface area contributed by atoms with Gasteiger partial charge in [0, 0.05) is 5.69 Å². The van der Waals surface area contributed by atoms with Crippen molar-refractivity contribution in [2.75, 3.05) is 25.5 Å². The summed E-state index contributed by atoms with van der Waals surface area (Å²) in [7, 11) is 1.63. The van der Waals surface area contributed by atoms with Crippen LogP contribution in [0, 0.1) is 5.92 Å². The summed E-state index contributed by atoms with van der Waals surface area (Å²) in [5.74, 6) is 1.54. The molecule has 0 saturated heterocycles. The number of hydrogen-bond donors (Lipinski definition) is 2. The van der Waals surface area contributed by atoms with Crippen molar-refractivity contribution < 1.29 is 9.53 Å². The van der Waals surface area contributed by atoms with Gasteiger partial charge in [-0.3, -0.25) is 4.79 Å². The second-order valence-electron chi connectivity index (χ2n) is 5.41. The molecule has 4 heteroatoms. The number of carbonyl (C=O) groups is 1. The molecule has 0 atom stereocenters. The Hall–Kier alpha value is -1.55. The molecule has 0 radical (unpaired) electrons. The monoisotopic (exact) mass is 276 g/mol. The third-order valence-electron chi connectivity index (χ3n) is 3.82. The van der Waals surface area contributed by atoms with Crippen molar-refractivity contribution in [1.29, 1.82) is 0 Å². The van der Waals surface area contributed by atoms with Gasteiger partial charge in [-0.1, -0.05) is 19.3 Å². The van der Waals surface area contributed by atoms with Gasteiger partial charge in [-0.25, -0.2) is 0 Å². The summed E-state index contributed by atoms with van der Waals surface area (Å²) >= 11 is 0. The molecule has 1 fully saturated rings. The lowest BCUT2D eigenvalue weighted by Crippen LogP contribution is -2.32. The van der Waals surface area contributed by atoms with Crippen LogP contribution in [0.5, 0.6) is 5.75 Å². The van der Waals surface area contributed by atoms with Crippen molar-refractivity contribution in [3.8, 4) is 5.75 Å². The minimum Gasteiger partial charge on any atom is -0.497 e. The largest absolute Gasteiger partial charge is 0.497 e. The Bertz CT molecular complexity index is 411. The molecule has 0 heterocycles. The van der Waals surface area contributed by atoms with Crippen molar-refractivity contribution in [3.63, 3.8) is 0 Å². The number of anilines is 1. The minimum absolute atomic E-state index is 0.00553. The molecule has 110 valence electrons. The lowest BCUT2D eigenvalue weighted by Gasteiger charge is -2.21. The van der Waals surface area contributed by atoms with Gasteiger partial charge in [-0.15, -0.1) is 0 Å². The Labute approximate surface area is 120 Å². The second-order valence-corrected chi connectivity index (χ2v) is 5.41. The molecular formula is C16H24N2O2. The van der Waals surface area contributed by atoms with E-state index in [1.807, 2.05) is 24.3 Å². The van der Waals surface area contributed by atoms with Gasteiger partial charge in [0.25, 0.3) is 0 Å². The number of methoxy groups -OCH3 is 1. The molecule has 2 rings (SSSR count). The van der Waals surface area contributed by atoms with E-state index < -0.39 is 0 Å². The number of benzene rings is 1. The first-order valence-electron chi connectivity index (χ1n) is 7.42. The average molecular weight is 276 g/mol. The molecule has 0 bridgehead atoms. The molecule has 4 nitrogen and oxygen atoms in total. The lowest BCUT2D eigenvalue weighted by molar-refractivity contribution is -0.115. The van der Waals surface area contributed by atoms with Gasteiger partial charge in [-0.2, -0.15) is 0 Å². The van der Waals surface area contributed by atoms with E-state index in [1.165, 1.54) is 32.1 Å². The van der Waals surface area contributed by atoms with Gasteiger partial charge in [-0.05, 0) is 49.6 Å². The van der Waals surface area contributed by atoms with Crippen molar-refractivity contribution in [3.05, 3.63) is 24.3 Å². The molecule has 20 heavy (non-hydrogen) atoms. The molecule has 1 aromatic carbocycles. The number of rotatable bonds is 6. The van der Waals surface area contributed by atoms with E-state index in [-0.39, 0.29) is 5.91 Å². The fourth-order valence-corrected chi connectivity index (χ4v) is 2.66. The van der Waals surface area contributed by atoms with Gasteiger partial charge in [0.15, 0.2) is 0 Å². The fraction of sp³-hybridized carbons (Fsp3) is 0.562. The molecule has 0 unspecified atom stereocenters. The SMILES string of the molecule is COc1ccc(NC(=O)CNCC2CCCCC2)cc1. The smallest absolute Gasteiger partial charge is 0.238 e. The number of hydrogen-bond acceptors (Lipinski definition) is 3. The summed E-state index contributed by atoms with van der Waals surface area (Å²) in [6.07, 6.45) is 6.64. The first kappa shape index (κ1) is 14.9. The van der Waals surface area contributed by atoms with Crippen LogP contribution in [0.15, 0.2) is 24.3 Å². The van der Waals surface area contributed by atoms with Crippen LogP contribution >= 0.6 is 0 Å². The van der Waals surface area contributed by atoms with Gasteiger partial charge in [0.1, 0.15) is 5.75 Å². The summed E-state index contributed by atoms with van der Waals surface area (Å²) in [6, 6.07) is 7.37. The molecule has 0 spiro atoms. The van der Waals surface area contributed by atoms with Crippen LogP contribution in [0.1, 0.15) is 32.1 Å². The highest BCUT2D eigenvalue weighted by Crippen LogP contribution is 2.22. The molecule has 1 aromatic rings. The zero-order valence-corrected chi connectivity index (χ0v) is 12.2. The topological polar surface area (TPSA) is 50.4 Å². The highest BCUT2D eigenvalue weighted by Gasteiger charge is 2.13. The van der Waals surface area contributed by atoms with Gasteiger partial charge >= 0.3 is 0 Å². The molecule has 1 saturated carbocycles. The zero-order valence-electron chi connectivity index (χ0n) is 12.2. The van der Waals surface area contributed by atoms with Crippen molar-refractivity contribution in [1.82, 2.24) is 5.32 Å². The van der Waals surface area contributed by atoms with Crippen molar-refractivity contribution in [2.24, 2.45) is 5.92 Å². The van der Waals surface area contributed by atoms with Crippen molar-refractivity contribution in [2.45, 2.75) is 32.1 Å². The Morgan fingerprint density at radius 3 is 2.55 bits per heavy atom. The van der Waals surface area contributed by atoms with Crippen LogP contribution < -0.4 is 15.4 Å². The normalized spacial score (nSPS) is 15.8.